The fraction of sp³-hybridized carbons (Fsp3) is 0.0909. The largest absolute Gasteiger partial charge is 0.573 e. The average molecular weight is 256 g/mol. The van der Waals surface area contributed by atoms with E-state index in [-0.39, 0.29) is 11.2 Å². The smallest absolute Gasteiger partial charge is 0.423 e. The summed E-state index contributed by atoms with van der Waals surface area (Å²) in [6, 6.07) is 8.23. The van der Waals surface area contributed by atoms with Crippen LogP contribution in [-0.2, 0) is 0 Å². The van der Waals surface area contributed by atoms with Gasteiger partial charge in [0.25, 0.3) is 0 Å². The van der Waals surface area contributed by atoms with Crippen molar-refractivity contribution < 1.29 is 28.0 Å². The highest BCUT2D eigenvalue weighted by atomic mass is 19.4. The summed E-state index contributed by atoms with van der Waals surface area (Å²) in [6.45, 7) is 0. The molecule has 2 N–H and O–H groups in total. The second-order valence-electron chi connectivity index (χ2n) is 3.65. The maximum Gasteiger partial charge on any atom is 0.573 e. The third-order valence-electron chi connectivity index (χ3n) is 2.40. The first-order chi connectivity index (χ1) is 8.37. The van der Waals surface area contributed by atoms with Crippen molar-refractivity contribution in [2.24, 2.45) is 0 Å². The number of halogens is 3. The number of rotatable bonds is 2. The van der Waals surface area contributed by atoms with Crippen molar-refractivity contribution >= 4 is 23.4 Å². The SMILES string of the molecule is OB(O)c1cccc2cc(OC(F)(F)F)ccc12. The Kier molecular flexibility index (Phi) is 3.19. The molecule has 0 aromatic heterocycles. The van der Waals surface area contributed by atoms with Gasteiger partial charge in [0.1, 0.15) is 5.75 Å². The summed E-state index contributed by atoms with van der Waals surface area (Å²) < 4.78 is 39.9. The van der Waals surface area contributed by atoms with Gasteiger partial charge < -0.3 is 14.8 Å². The van der Waals surface area contributed by atoms with Crippen LogP contribution in [0, 0.1) is 0 Å². The van der Waals surface area contributed by atoms with Gasteiger partial charge in [-0.15, -0.1) is 13.2 Å². The van der Waals surface area contributed by atoms with Crippen molar-refractivity contribution in [3.63, 3.8) is 0 Å². The topological polar surface area (TPSA) is 49.7 Å². The first-order valence-corrected chi connectivity index (χ1v) is 5.01. The van der Waals surface area contributed by atoms with Gasteiger partial charge in [-0.1, -0.05) is 24.3 Å². The standard InChI is InChI=1S/C11H8BF3O3/c13-11(14,15)18-8-4-5-9-7(6-8)2-1-3-10(9)12(16)17/h1-6,16-17H. The van der Waals surface area contributed by atoms with E-state index in [4.69, 9.17) is 10.0 Å². The van der Waals surface area contributed by atoms with Crippen molar-refractivity contribution in [3.05, 3.63) is 36.4 Å². The second-order valence-corrected chi connectivity index (χ2v) is 3.65. The van der Waals surface area contributed by atoms with Crippen molar-refractivity contribution in [2.45, 2.75) is 6.36 Å². The molecule has 2 aromatic carbocycles. The van der Waals surface area contributed by atoms with E-state index in [9.17, 15) is 13.2 Å². The second kappa shape index (κ2) is 4.51. The molecular weight excluding hydrogens is 248 g/mol. The first kappa shape index (κ1) is 12.7. The Balaban J connectivity index is 2.47. The van der Waals surface area contributed by atoms with Crippen LogP contribution in [-0.4, -0.2) is 23.5 Å². The van der Waals surface area contributed by atoms with Gasteiger partial charge in [-0.25, -0.2) is 0 Å². The summed E-state index contributed by atoms with van der Waals surface area (Å²) in [5, 5.41) is 19.1. The first-order valence-electron chi connectivity index (χ1n) is 5.01. The maximum absolute atomic E-state index is 12.0. The molecule has 0 heterocycles. The van der Waals surface area contributed by atoms with Crippen LogP contribution in [0.15, 0.2) is 36.4 Å². The molecule has 94 valence electrons. The van der Waals surface area contributed by atoms with Gasteiger partial charge in [-0.05, 0) is 28.4 Å². The van der Waals surface area contributed by atoms with E-state index in [1.54, 1.807) is 6.07 Å². The van der Waals surface area contributed by atoms with Crippen LogP contribution in [0.25, 0.3) is 10.8 Å². The van der Waals surface area contributed by atoms with Crippen LogP contribution in [0.1, 0.15) is 0 Å². The lowest BCUT2D eigenvalue weighted by Crippen LogP contribution is -2.30. The molecule has 0 atom stereocenters. The molecule has 2 aromatic rings. The minimum Gasteiger partial charge on any atom is -0.423 e. The molecule has 3 nitrogen and oxygen atoms in total. The molecule has 0 saturated carbocycles. The van der Waals surface area contributed by atoms with Crippen LogP contribution in [0.2, 0.25) is 0 Å². The third kappa shape index (κ3) is 2.74. The number of hydrogen-bond donors (Lipinski definition) is 2. The summed E-state index contributed by atoms with van der Waals surface area (Å²) in [5.74, 6) is -0.348. The van der Waals surface area contributed by atoms with Crippen LogP contribution in [0.3, 0.4) is 0 Å². The fourth-order valence-corrected chi connectivity index (χ4v) is 1.71. The van der Waals surface area contributed by atoms with Crippen molar-refractivity contribution in [2.75, 3.05) is 0 Å². The lowest BCUT2D eigenvalue weighted by atomic mass is 9.77. The van der Waals surface area contributed by atoms with Gasteiger partial charge in [0.2, 0.25) is 0 Å². The zero-order chi connectivity index (χ0) is 13.3. The molecule has 2 rings (SSSR count). The van der Waals surface area contributed by atoms with Gasteiger partial charge in [0.05, 0.1) is 0 Å². The molecule has 7 heteroatoms. The molecule has 0 aliphatic heterocycles. The molecule has 0 saturated heterocycles. The maximum atomic E-state index is 12.0. The molecule has 0 fully saturated rings. The minimum absolute atomic E-state index is 0.228. The Hall–Kier alpha value is -1.73. The van der Waals surface area contributed by atoms with Crippen molar-refractivity contribution in [3.8, 4) is 5.75 Å². The minimum atomic E-state index is -4.75. The molecule has 0 bridgehead atoms. The fourth-order valence-electron chi connectivity index (χ4n) is 1.71. The average Bonchev–Trinajstić information content (AvgIpc) is 2.25. The number of ether oxygens (including phenoxy) is 1. The van der Waals surface area contributed by atoms with Crippen molar-refractivity contribution in [1.82, 2.24) is 0 Å². The van der Waals surface area contributed by atoms with Gasteiger partial charge in [0, 0.05) is 0 Å². The number of fused-ring (bicyclic) bond motifs is 1. The van der Waals surface area contributed by atoms with E-state index >= 15 is 0 Å². The molecular formula is C11H8BF3O3. The van der Waals surface area contributed by atoms with E-state index in [1.165, 1.54) is 24.3 Å². The Morgan fingerprint density at radius 3 is 2.39 bits per heavy atom. The quantitative estimate of drug-likeness (QED) is 0.799. The van der Waals surface area contributed by atoms with Gasteiger partial charge in [-0.2, -0.15) is 0 Å². The highest BCUT2D eigenvalue weighted by molar-refractivity contribution is 6.61. The van der Waals surface area contributed by atoms with Crippen LogP contribution in [0.5, 0.6) is 5.75 Å². The van der Waals surface area contributed by atoms with E-state index in [1.807, 2.05) is 0 Å². The van der Waals surface area contributed by atoms with Gasteiger partial charge >= 0.3 is 13.5 Å². The summed E-state index contributed by atoms with van der Waals surface area (Å²) in [4.78, 5) is 0. The van der Waals surface area contributed by atoms with Crippen molar-refractivity contribution in [1.29, 1.82) is 0 Å². The Morgan fingerprint density at radius 1 is 1.06 bits per heavy atom. The summed E-state index contributed by atoms with van der Waals surface area (Å²) >= 11 is 0. The number of alkyl halides is 3. The van der Waals surface area contributed by atoms with E-state index < -0.39 is 13.5 Å². The van der Waals surface area contributed by atoms with Crippen LogP contribution >= 0.6 is 0 Å². The zero-order valence-electron chi connectivity index (χ0n) is 8.98. The van der Waals surface area contributed by atoms with Crippen LogP contribution in [0.4, 0.5) is 13.2 Å². The normalized spacial score (nSPS) is 11.6. The summed E-state index contributed by atoms with van der Waals surface area (Å²) in [5.41, 5.74) is 0.228. The summed E-state index contributed by atoms with van der Waals surface area (Å²) in [7, 11) is -1.68. The van der Waals surface area contributed by atoms with Gasteiger partial charge in [-0.3, -0.25) is 0 Å². The monoisotopic (exact) mass is 256 g/mol. The Morgan fingerprint density at radius 2 is 1.78 bits per heavy atom. The molecule has 18 heavy (non-hydrogen) atoms. The number of benzene rings is 2. The molecule has 0 aliphatic rings. The predicted octanol–water partition coefficient (Wildman–Crippen LogP) is 1.42. The lowest BCUT2D eigenvalue weighted by Gasteiger charge is -2.11. The van der Waals surface area contributed by atoms with E-state index in [0.29, 0.717) is 10.8 Å². The summed E-state index contributed by atoms with van der Waals surface area (Å²) in [6.07, 6.45) is -4.75. The molecule has 0 spiro atoms. The third-order valence-corrected chi connectivity index (χ3v) is 2.40. The molecule has 0 radical (unpaired) electrons. The lowest BCUT2D eigenvalue weighted by molar-refractivity contribution is -0.274. The van der Waals surface area contributed by atoms with E-state index in [2.05, 4.69) is 4.74 Å². The highest BCUT2D eigenvalue weighted by Gasteiger charge is 2.31. The Bertz CT molecular complexity index is 569. The van der Waals surface area contributed by atoms with Gasteiger partial charge in [0.15, 0.2) is 0 Å². The zero-order valence-corrected chi connectivity index (χ0v) is 8.98. The molecule has 0 aliphatic carbocycles. The van der Waals surface area contributed by atoms with E-state index in [0.717, 1.165) is 6.07 Å². The predicted molar refractivity (Wildman–Crippen MR) is 60.5 cm³/mol. The number of hydrogen-bond acceptors (Lipinski definition) is 3. The highest BCUT2D eigenvalue weighted by Crippen LogP contribution is 2.25. The molecule has 0 amide bonds. The van der Waals surface area contributed by atoms with Crippen LogP contribution < -0.4 is 10.2 Å². The Labute approximate surface area is 101 Å². The molecule has 0 unspecified atom stereocenters.